The summed E-state index contributed by atoms with van der Waals surface area (Å²) in [6.07, 6.45) is 0. The van der Waals surface area contributed by atoms with Gasteiger partial charge in [0.25, 0.3) is 0 Å². The Morgan fingerprint density at radius 1 is 0.424 bits per heavy atom. The van der Waals surface area contributed by atoms with Crippen LogP contribution in [0.5, 0.6) is 0 Å². The minimum absolute atomic E-state index is 1.19. The minimum atomic E-state index is 1.19. The van der Waals surface area contributed by atoms with Crippen molar-refractivity contribution < 1.29 is 0 Å². The fourth-order valence-electron chi connectivity index (χ4n) is 5.33. The van der Waals surface area contributed by atoms with E-state index in [1.165, 1.54) is 60.4 Å². The molecule has 0 saturated heterocycles. The predicted octanol–water partition coefficient (Wildman–Crippen LogP) is 8.10. The Labute approximate surface area is 191 Å². The van der Waals surface area contributed by atoms with Gasteiger partial charge in [0.15, 0.2) is 0 Å². The van der Waals surface area contributed by atoms with E-state index in [9.17, 15) is 0 Å². The van der Waals surface area contributed by atoms with Crippen LogP contribution in [0, 0.1) is 0 Å². The number of hydrogen-bond acceptors (Lipinski definition) is 0. The molecule has 2 nitrogen and oxygen atoms in total. The molecule has 33 heavy (non-hydrogen) atoms. The fourth-order valence-corrected chi connectivity index (χ4v) is 5.33. The van der Waals surface area contributed by atoms with Crippen LogP contribution in [0.2, 0.25) is 0 Å². The second-order valence-electron chi connectivity index (χ2n) is 8.73. The first-order chi connectivity index (χ1) is 16.3. The maximum absolute atomic E-state index is 2.39. The number of aromatic nitrogens is 2. The van der Waals surface area contributed by atoms with Crippen molar-refractivity contribution in [1.82, 2.24) is 9.13 Å². The second kappa shape index (κ2) is 6.85. The molecule has 2 heteroatoms. The van der Waals surface area contributed by atoms with E-state index in [1.54, 1.807) is 0 Å². The molecule has 0 aliphatic rings. The Morgan fingerprint density at radius 3 is 1.88 bits per heavy atom. The van der Waals surface area contributed by atoms with Crippen molar-refractivity contribution in [2.45, 2.75) is 0 Å². The first kappa shape index (κ1) is 18.3. The first-order valence-corrected chi connectivity index (χ1v) is 11.4. The lowest BCUT2D eigenvalue weighted by atomic mass is 10.0. The SMILES string of the molecule is Cn1c2cc(-c3ccccc3)ccc2c2cc3c4ccccc4n(-c4ccccc4)c3cc21. The van der Waals surface area contributed by atoms with E-state index in [4.69, 9.17) is 0 Å². The van der Waals surface area contributed by atoms with E-state index < -0.39 is 0 Å². The molecule has 0 N–H and O–H groups in total. The summed E-state index contributed by atoms with van der Waals surface area (Å²) in [5.41, 5.74) is 8.67. The molecule has 0 aliphatic heterocycles. The van der Waals surface area contributed by atoms with Crippen molar-refractivity contribution in [3.05, 3.63) is 115 Å². The summed E-state index contributed by atoms with van der Waals surface area (Å²) >= 11 is 0. The lowest BCUT2D eigenvalue weighted by Gasteiger charge is -2.08. The lowest BCUT2D eigenvalue weighted by molar-refractivity contribution is 1.01. The van der Waals surface area contributed by atoms with E-state index in [0.29, 0.717) is 0 Å². The summed E-state index contributed by atoms with van der Waals surface area (Å²) in [6, 6.07) is 41.6. The van der Waals surface area contributed by atoms with Gasteiger partial charge in [-0.2, -0.15) is 0 Å². The summed E-state index contributed by atoms with van der Waals surface area (Å²) in [5.74, 6) is 0. The van der Waals surface area contributed by atoms with Gasteiger partial charge in [-0.05, 0) is 47.5 Å². The largest absolute Gasteiger partial charge is 0.344 e. The van der Waals surface area contributed by atoms with Gasteiger partial charge in [-0.3, -0.25) is 0 Å². The molecule has 0 spiro atoms. The topological polar surface area (TPSA) is 9.86 Å². The zero-order valence-corrected chi connectivity index (χ0v) is 18.4. The van der Waals surface area contributed by atoms with Crippen LogP contribution in [-0.2, 0) is 7.05 Å². The Bertz CT molecular complexity index is 1800. The summed E-state index contributed by atoms with van der Waals surface area (Å²) in [4.78, 5) is 0. The molecule has 0 atom stereocenters. The van der Waals surface area contributed by atoms with Crippen LogP contribution in [0.4, 0.5) is 0 Å². The van der Waals surface area contributed by atoms with E-state index in [1.807, 2.05) is 0 Å². The third-order valence-electron chi connectivity index (χ3n) is 6.92. The summed E-state index contributed by atoms with van der Waals surface area (Å²) in [5, 5.41) is 5.18. The zero-order valence-electron chi connectivity index (χ0n) is 18.4. The van der Waals surface area contributed by atoms with Gasteiger partial charge in [-0.1, -0.05) is 78.9 Å². The van der Waals surface area contributed by atoms with Crippen LogP contribution in [0.1, 0.15) is 0 Å². The maximum atomic E-state index is 2.39. The zero-order chi connectivity index (χ0) is 21.9. The molecular formula is C31H22N2. The molecular weight excluding hydrogens is 400 g/mol. The summed E-state index contributed by atoms with van der Waals surface area (Å²) in [7, 11) is 2.18. The van der Waals surface area contributed by atoms with E-state index in [0.717, 1.165) is 0 Å². The number of para-hydroxylation sites is 2. The molecule has 0 radical (unpaired) electrons. The molecule has 7 aromatic rings. The number of aryl methyl sites for hydroxylation is 1. The molecule has 2 heterocycles. The highest BCUT2D eigenvalue weighted by atomic mass is 15.0. The average molecular weight is 423 g/mol. The third kappa shape index (κ3) is 2.61. The Balaban J connectivity index is 1.59. The van der Waals surface area contributed by atoms with Crippen molar-refractivity contribution >= 4 is 43.6 Å². The lowest BCUT2D eigenvalue weighted by Crippen LogP contribution is -1.93. The van der Waals surface area contributed by atoms with Gasteiger partial charge in [-0.25, -0.2) is 0 Å². The highest BCUT2D eigenvalue weighted by Crippen LogP contribution is 2.38. The number of nitrogens with zero attached hydrogens (tertiary/aromatic N) is 2. The molecule has 0 fully saturated rings. The van der Waals surface area contributed by atoms with Gasteiger partial charge in [0.05, 0.1) is 16.6 Å². The van der Waals surface area contributed by atoms with E-state index >= 15 is 0 Å². The van der Waals surface area contributed by atoms with Crippen molar-refractivity contribution in [2.75, 3.05) is 0 Å². The van der Waals surface area contributed by atoms with Crippen molar-refractivity contribution in [3.63, 3.8) is 0 Å². The number of hydrogen-bond donors (Lipinski definition) is 0. The molecule has 0 amide bonds. The normalized spacial score (nSPS) is 11.8. The predicted molar refractivity (Wildman–Crippen MR) is 140 cm³/mol. The van der Waals surface area contributed by atoms with Gasteiger partial charge in [0.2, 0.25) is 0 Å². The number of rotatable bonds is 2. The minimum Gasteiger partial charge on any atom is -0.344 e. The van der Waals surface area contributed by atoms with Crippen LogP contribution < -0.4 is 0 Å². The molecule has 2 aromatic heterocycles. The second-order valence-corrected chi connectivity index (χ2v) is 8.73. The Kier molecular flexibility index (Phi) is 3.80. The smallest absolute Gasteiger partial charge is 0.0562 e. The molecule has 0 bridgehead atoms. The van der Waals surface area contributed by atoms with Gasteiger partial charge in [-0.15, -0.1) is 0 Å². The monoisotopic (exact) mass is 422 g/mol. The van der Waals surface area contributed by atoms with Crippen LogP contribution in [0.15, 0.2) is 115 Å². The van der Waals surface area contributed by atoms with E-state index in [-0.39, 0.29) is 0 Å². The van der Waals surface area contributed by atoms with E-state index in [2.05, 4.69) is 131 Å². The molecule has 7 rings (SSSR count). The first-order valence-electron chi connectivity index (χ1n) is 11.4. The van der Waals surface area contributed by atoms with Gasteiger partial charge >= 0.3 is 0 Å². The van der Waals surface area contributed by atoms with Crippen LogP contribution >= 0.6 is 0 Å². The number of fused-ring (bicyclic) bond motifs is 6. The average Bonchev–Trinajstić information content (AvgIpc) is 3.35. The molecule has 0 aliphatic carbocycles. The van der Waals surface area contributed by atoms with Crippen molar-refractivity contribution in [2.24, 2.45) is 7.05 Å². The molecule has 5 aromatic carbocycles. The fraction of sp³-hybridized carbons (Fsp3) is 0.0323. The summed E-state index contributed by atoms with van der Waals surface area (Å²) in [6.45, 7) is 0. The Morgan fingerprint density at radius 2 is 1.06 bits per heavy atom. The van der Waals surface area contributed by atoms with Crippen LogP contribution in [0.3, 0.4) is 0 Å². The molecule has 156 valence electrons. The highest BCUT2D eigenvalue weighted by Gasteiger charge is 2.16. The van der Waals surface area contributed by atoms with Crippen LogP contribution in [0.25, 0.3) is 60.4 Å². The van der Waals surface area contributed by atoms with Crippen LogP contribution in [-0.4, -0.2) is 9.13 Å². The van der Waals surface area contributed by atoms with Crippen molar-refractivity contribution in [1.29, 1.82) is 0 Å². The van der Waals surface area contributed by atoms with Gasteiger partial charge < -0.3 is 9.13 Å². The van der Waals surface area contributed by atoms with Gasteiger partial charge in [0, 0.05) is 39.8 Å². The standard InChI is InChI=1S/C31H22N2/c1-32-29-18-22(21-10-4-2-5-11-21)16-17-25(29)26-19-27-24-14-8-9-15-28(24)33(31(27)20-30(26)32)23-12-6-3-7-13-23/h2-20H,1H3. The number of benzene rings is 5. The summed E-state index contributed by atoms with van der Waals surface area (Å²) < 4.78 is 4.72. The van der Waals surface area contributed by atoms with Gasteiger partial charge in [0.1, 0.15) is 0 Å². The molecule has 0 unspecified atom stereocenters. The molecule has 0 saturated carbocycles. The third-order valence-corrected chi connectivity index (χ3v) is 6.92. The maximum Gasteiger partial charge on any atom is 0.0562 e. The Hall–Kier alpha value is -4.30. The van der Waals surface area contributed by atoms with Crippen molar-refractivity contribution in [3.8, 4) is 16.8 Å². The highest BCUT2D eigenvalue weighted by molar-refractivity contribution is 6.18. The quantitative estimate of drug-likeness (QED) is 0.266.